The Bertz CT molecular complexity index is 1010. The van der Waals surface area contributed by atoms with Crippen molar-refractivity contribution in [1.29, 1.82) is 0 Å². The van der Waals surface area contributed by atoms with Crippen LogP contribution >= 0.6 is 11.8 Å². The van der Waals surface area contributed by atoms with Gasteiger partial charge in [0.2, 0.25) is 6.79 Å². The zero-order chi connectivity index (χ0) is 20.5. The summed E-state index contributed by atoms with van der Waals surface area (Å²) < 4.78 is 18.9. The van der Waals surface area contributed by atoms with Crippen molar-refractivity contribution in [1.82, 2.24) is 9.99 Å². The molecule has 1 aromatic carbocycles. The number of thioether (sulfide) groups is 1. The van der Waals surface area contributed by atoms with Crippen molar-refractivity contribution in [2.24, 2.45) is 10.1 Å². The van der Waals surface area contributed by atoms with Crippen LogP contribution in [0.3, 0.4) is 0 Å². The Morgan fingerprint density at radius 3 is 2.93 bits per heavy atom. The van der Waals surface area contributed by atoms with E-state index in [9.17, 15) is 0 Å². The second-order valence-corrected chi connectivity index (χ2v) is 8.76. The molecule has 8 heteroatoms. The van der Waals surface area contributed by atoms with Crippen LogP contribution in [-0.4, -0.2) is 47.2 Å². The van der Waals surface area contributed by atoms with E-state index in [4.69, 9.17) is 14.2 Å². The second kappa shape index (κ2) is 8.35. The Balaban J connectivity index is 1.29. The first-order chi connectivity index (χ1) is 14.7. The van der Waals surface area contributed by atoms with Crippen molar-refractivity contribution in [2.45, 2.75) is 39.3 Å². The van der Waals surface area contributed by atoms with Crippen molar-refractivity contribution >= 4 is 22.6 Å². The van der Waals surface area contributed by atoms with Gasteiger partial charge in [-0.25, -0.2) is 0 Å². The van der Waals surface area contributed by atoms with Crippen LogP contribution in [0.4, 0.5) is 0 Å². The van der Waals surface area contributed by atoms with E-state index in [1.54, 1.807) is 11.8 Å². The highest BCUT2D eigenvalue weighted by atomic mass is 32.2. The summed E-state index contributed by atoms with van der Waals surface area (Å²) >= 11 is 1.70. The smallest absolute Gasteiger partial charge is 0.231 e. The van der Waals surface area contributed by atoms with Gasteiger partial charge in [0.15, 0.2) is 16.7 Å². The number of benzene rings is 1. The van der Waals surface area contributed by atoms with Gasteiger partial charge in [-0.1, -0.05) is 17.8 Å². The number of amidine groups is 1. The molecule has 3 aliphatic rings. The molecular weight excluding hydrogens is 400 g/mol. The fraction of sp³-hybridized carbons (Fsp3) is 0.455. The van der Waals surface area contributed by atoms with Crippen LogP contribution in [-0.2, 0) is 11.3 Å². The first-order valence-electron chi connectivity index (χ1n) is 10.3. The molecule has 0 aliphatic carbocycles. The molecule has 1 unspecified atom stereocenters. The summed E-state index contributed by atoms with van der Waals surface area (Å²) in [6, 6.07) is 8.36. The molecule has 1 aromatic heterocycles. The van der Waals surface area contributed by atoms with Gasteiger partial charge < -0.3 is 18.8 Å². The van der Waals surface area contributed by atoms with E-state index < -0.39 is 0 Å². The first-order valence-corrected chi connectivity index (χ1v) is 11.3. The third-order valence-electron chi connectivity index (χ3n) is 5.76. The van der Waals surface area contributed by atoms with Gasteiger partial charge in [-0.2, -0.15) is 5.10 Å². The lowest BCUT2D eigenvalue weighted by Gasteiger charge is -2.16. The first kappa shape index (κ1) is 19.5. The number of nitrogens with zero attached hydrogens (tertiary/aromatic N) is 3. The molecule has 0 bridgehead atoms. The lowest BCUT2D eigenvalue weighted by Crippen LogP contribution is -2.26. The molecule has 0 radical (unpaired) electrons. The maximum atomic E-state index is 5.64. The quantitative estimate of drug-likeness (QED) is 0.793. The number of fused-ring (bicyclic) bond motifs is 1. The van der Waals surface area contributed by atoms with Crippen LogP contribution in [0.5, 0.6) is 11.5 Å². The number of hydrogen-bond acceptors (Lipinski definition) is 6. The Morgan fingerprint density at radius 1 is 1.23 bits per heavy atom. The van der Waals surface area contributed by atoms with Gasteiger partial charge in [0, 0.05) is 35.9 Å². The molecule has 4 heterocycles. The molecule has 5 rings (SSSR count). The molecular formula is C22H26N4O3S. The lowest BCUT2D eigenvalue weighted by atomic mass is 10.1. The average Bonchev–Trinajstić information content (AvgIpc) is 3.50. The van der Waals surface area contributed by atoms with Crippen LogP contribution < -0.4 is 14.9 Å². The topological polar surface area (TPSA) is 69.4 Å². The number of aliphatic imine (C=N–C) groups is 1. The SMILES string of the molecule is Cc1cc(C2=NNC(=NCC3CCCO3)SC2)c(C)n1Cc1ccc2c(c1)OCO2. The Morgan fingerprint density at radius 2 is 2.13 bits per heavy atom. The standard InChI is InChI=1S/C22H26N4O3S/c1-14-8-18(19-12-30-22(25-24-19)23-10-17-4-3-7-27-17)15(2)26(14)11-16-5-6-20-21(9-16)29-13-28-20/h5-6,8-9,17H,3-4,7,10-13H2,1-2H3,(H,23,25). The van der Waals surface area contributed by atoms with Gasteiger partial charge in [-0.05, 0) is 50.5 Å². The molecule has 0 saturated carbocycles. The van der Waals surface area contributed by atoms with Gasteiger partial charge in [0.25, 0.3) is 0 Å². The van der Waals surface area contributed by atoms with Crippen LogP contribution in [0.15, 0.2) is 34.4 Å². The summed E-state index contributed by atoms with van der Waals surface area (Å²) in [5, 5.41) is 5.50. The van der Waals surface area contributed by atoms with E-state index in [1.807, 2.05) is 6.07 Å². The lowest BCUT2D eigenvalue weighted by molar-refractivity contribution is 0.118. The van der Waals surface area contributed by atoms with Crippen LogP contribution in [0.25, 0.3) is 0 Å². The minimum absolute atomic E-state index is 0.264. The van der Waals surface area contributed by atoms with Crippen molar-refractivity contribution in [2.75, 3.05) is 25.7 Å². The summed E-state index contributed by atoms with van der Waals surface area (Å²) in [6.07, 6.45) is 2.51. The number of aryl methyl sites for hydroxylation is 1. The highest BCUT2D eigenvalue weighted by Crippen LogP contribution is 2.33. The van der Waals surface area contributed by atoms with E-state index in [2.05, 4.69) is 52.1 Å². The monoisotopic (exact) mass is 426 g/mol. The Kier molecular flexibility index (Phi) is 5.43. The van der Waals surface area contributed by atoms with E-state index >= 15 is 0 Å². The number of hydrazone groups is 1. The molecule has 1 fully saturated rings. The van der Waals surface area contributed by atoms with Gasteiger partial charge in [0.05, 0.1) is 18.4 Å². The Labute approximate surface area is 180 Å². The predicted molar refractivity (Wildman–Crippen MR) is 119 cm³/mol. The molecule has 158 valence electrons. The van der Waals surface area contributed by atoms with Gasteiger partial charge in [-0.15, -0.1) is 0 Å². The molecule has 2 aromatic rings. The van der Waals surface area contributed by atoms with Gasteiger partial charge in [-0.3, -0.25) is 10.4 Å². The van der Waals surface area contributed by atoms with Crippen molar-refractivity contribution < 1.29 is 14.2 Å². The molecule has 0 amide bonds. The zero-order valence-corrected chi connectivity index (χ0v) is 18.1. The Hall–Kier alpha value is -2.45. The predicted octanol–water partition coefficient (Wildman–Crippen LogP) is 3.46. The van der Waals surface area contributed by atoms with Crippen molar-refractivity contribution in [3.05, 3.63) is 46.8 Å². The average molecular weight is 427 g/mol. The van der Waals surface area contributed by atoms with Gasteiger partial charge >= 0.3 is 0 Å². The number of hydrogen-bond donors (Lipinski definition) is 1. The van der Waals surface area contributed by atoms with E-state index in [0.717, 1.165) is 54.1 Å². The third-order valence-corrected chi connectivity index (χ3v) is 6.67. The molecule has 0 spiro atoms. The van der Waals surface area contributed by atoms with Crippen molar-refractivity contribution in [3.63, 3.8) is 0 Å². The highest BCUT2D eigenvalue weighted by Gasteiger charge is 2.21. The maximum absolute atomic E-state index is 5.64. The summed E-state index contributed by atoms with van der Waals surface area (Å²) in [6.45, 7) is 6.96. The van der Waals surface area contributed by atoms with Crippen LogP contribution in [0.2, 0.25) is 0 Å². The fourth-order valence-electron chi connectivity index (χ4n) is 4.07. The summed E-state index contributed by atoms with van der Waals surface area (Å²) in [4.78, 5) is 4.63. The molecule has 30 heavy (non-hydrogen) atoms. The molecule has 7 nitrogen and oxygen atoms in total. The maximum Gasteiger partial charge on any atom is 0.231 e. The van der Waals surface area contributed by atoms with Crippen LogP contribution in [0, 0.1) is 13.8 Å². The van der Waals surface area contributed by atoms with E-state index in [-0.39, 0.29) is 6.10 Å². The highest BCUT2D eigenvalue weighted by molar-refractivity contribution is 8.14. The van der Waals surface area contributed by atoms with E-state index in [1.165, 1.54) is 22.5 Å². The minimum Gasteiger partial charge on any atom is -0.454 e. The fourth-order valence-corrected chi connectivity index (χ4v) is 4.84. The second-order valence-electron chi connectivity index (χ2n) is 7.80. The summed E-state index contributed by atoms with van der Waals surface area (Å²) in [5.74, 6) is 2.45. The molecule has 1 N–H and O–H groups in total. The third kappa shape index (κ3) is 3.94. The summed E-state index contributed by atoms with van der Waals surface area (Å²) in [7, 11) is 0. The summed E-state index contributed by atoms with van der Waals surface area (Å²) in [5.41, 5.74) is 8.99. The van der Waals surface area contributed by atoms with E-state index in [0.29, 0.717) is 13.3 Å². The van der Waals surface area contributed by atoms with Crippen LogP contribution in [0.1, 0.15) is 35.4 Å². The largest absolute Gasteiger partial charge is 0.454 e. The number of nitrogens with one attached hydrogen (secondary N) is 1. The van der Waals surface area contributed by atoms with Gasteiger partial charge in [0.1, 0.15) is 0 Å². The van der Waals surface area contributed by atoms with Crippen molar-refractivity contribution in [3.8, 4) is 11.5 Å². The number of rotatable bonds is 5. The normalized spacial score (nSPS) is 21.7. The molecule has 1 atom stereocenters. The number of ether oxygens (including phenoxy) is 3. The molecule has 1 saturated heterocycles. The molecule has 3 aliphatic heterocycles. The minimum atomic E-state index is 0.264. The zero-order valence-electron chi connectivity index (χ0n) is 17.3. The number of aromatic nitrogens is 1.